The number of nitrogens with zero attached hydrogens (tertiary/aromatic N) is 4. The van der Waals surface area contributed by atoms with E-state index in [0.717, 1.165) is 22.3 Å². The van der Waals surface area contributed by atoms with Crippen molar-refractivity contribution in [3.63, 3.8) is 0 Å². The maximum absolute atomic E-state index is 10.3. The second-order valence-corrected chi connectivity index (χ2v) is 6.79. The Kier molecular flexibility index (Phi) is 5.54. The molecule has 3 aromatic rings. The Morgan fingerprint density at radius 1 is 1.14 bits per heavy atom. The van der Waals surface area contributed by atoms with Crippen molar-refractivity contribution in [2.75, 3.05) is 0 Å². The summed E-state index contributed by atoms with van der Waals surface area (Å²) < 4.78 is 5.84. The van der Waals surface area contributed by atoms with Crippen LogP contribution in [0.4, 0.5) is 5.69 Å². The third kappa shape index (κ3) is 3.78. The molecule has 1 N–H and O–H groups in total. The molecule has 0 spiro atoms. The number of benzene rings is 2. The third-order valence-corrected chi connectivity index (χ3v) is 5.03. The van der Waals surface area contributed by atoms with Crippen LogP contribution in [0.25, 0.3) is 16.3 Å². The minimum atomic E-state index is -0.686. The van der Waals surface area contributed by atoms with E-state index >= 15 is 0 Å². The van der Waals surface area contributed by atoms with Crippen molar-refractivity contribution in [2.24, 2.45) is 0 Å². The van der Waals surface area contributed by atoms with E-state index in [1.807, 2.05) is 19.9 Å². The highest BCUT2D eigenvalue weighted by Gasteiger charge is 2.25. The molecular weight excluding hydrogens is 352 g/mol. The zero-order valence-corrected chi connectivity index (χ0v) is 16.0. The van der Waals surface area contributed by atoms with E-state index in [9.17, 15) is 5.11 Å². The fraction of sp³-hybridized carbons (Fsp3) is 0.273. The van der Waals surface area contributed by atoms with Gasteiger partial charge in [0.2, 0.25) is 11.8 Å². The van der Waals surface area contributed by atoms with Gasteiger partial charge < -0.3 is 9.52 Å². The highest BCUT2D eigenvalue weighted by atomic mass is 16.4. The van der Waals surface area contributed by atoms with Crippen LogP contribution in [-0.4, -0.2) is 21.4 Å². The molecule has 0 unspecified atom stereocenters. The lowest BCUT2D eigenvalue weighted by Crippen LogP contribution is -2.18. The maximum atomic E-state index is 10.3. The zero-order valence-electron chi connectivity index (χ0n) is 16.0. The standard InChI is InChI=1S/C22H20N4O2/c1-13-14(2)20(24-4)10-9-18(13)11-19(15(3)27)22-26-25-21(28-22)17-7-5-16(12-23)6-8-17/h5-10,15,19,27H,11H2,1-3H3/t15-,19-/m1/s1. The summed E-state index contributed by atoms with van der Waals surface area (Å²) in [4.78, 5) is 3.53. The molecule has 0 bridgehead atoms. The minimum Gasteiger partial charge on any atom is -0.420 e. The van der Waals surface area contributed by atoms with Crippen molar-refractivity contribution in [3.05, 3.63) is 76.0 Å². The Labute approximate surface area is 163 Å². The van der Waals surface area contributed by atoms with Crippen molar-refractivity contribution in [1.29, 1.82) is 5.26 Å². The zero-order chi connectivity index (χ0) is 20.3. The molecule has 1 aromatic heterocycles. The monoisotopic (exact) mass is 372 g/mol. The van der Waals surface area contributed by atoms with Crippen LogP contribution in [0.15, 0.2) is 40.8 Å². The lowest BCUT2D eigenvalue weighted by atomic mass is 9.90. The summed E-state index contributed by atoms with van der Waals surface area (Å²) in [5.41, 5.74) is 4.92. The topological polar surface area (TPSA) is 87.3 Å². The van der Waals surface area contributed by atoms with Crippen LogP contribution in [0.5, 0.6) is 0 Å². The molecule has 28 heavy (non-hydrogen) atoms. The number of aromatic nitrogens is 2. The van der Waals surface area contributed by atoms with Gasteiger partial charge in [-0.05, 0) is 62.6 Å². The van der Waals surface area contributed by atoms with Crippen molar-refractivity contribution in [1.82, 2.24) is 10.2 Å². The molecule has 0 saturated carbocycles. The summed E-state index contributed by atoms with van der Waals surface area (Å²) in [7, 11) is 0. The summed E-state index contributed by atoms with van der Waals surface area (Å²) >= 11 is 0. The predicted molar refractivity (Wildman–Crippen MR) is 105 cm³/mol. The van der Waals surface area contributed by atoms with E-state index in [2.05, 4.69) is 21.1 Å². The summed E-state index contributed by atoms with van der Waals surface area (Å²) in [5, 5.41) is 27.5. The Balaban J connectivity index is 1.90. The SMILES string of the molecule is [C-]#[N+]c1ccc(C[C@@H](c2nnc(-c3ccc(C#N)cc3)o2)[C@@H](C)O)c(C)c1C. The fourth-order valence-electron chi connectivity index (χ4n) is 3.09. The smallest absolute Gasteiger partial charge is 0.247 e. The lowest BCUT2D eigenvalue weighted by molar-refractivity contribution is 0.148. The summed E-state index contributed by atoms with van der Waals surface area (Å²) in [5.74, 6) is 0.346. The van der Waals surface area contributed by atoms with Gasteiger partial charge in [0.05, 0.1) is 30.2 Å². The first-order valence-corrected chi connectivity index (χ1v) is 8.93. The first-order valence-electron chi connectivity index (χ1n) is 8.93. The Morgan fingerprint density at radius 2 is 1.86 bits per heavy atom. The summed E-state index contributed by atoms with van der Waals surface area (Å²) in [6.45, 7) is 12.9. The molecule has 0 amide bonds. The number of aliphatic hydroxyl groups is 1. The van der Waals surface area contributed by atoms with Crippen molar-refractivity contribution >= 4 is 5.69 Å². The second kappa shape index (κ2) is 8.04. The molecule has 0 fully saturated rings. The Hall–Kier alpha value is -3.48. The van der Waals surface area contributed by atoms with Gasteiger partial charge in [-0.25, -0.2) is 4.85 Å². The van der Waals surface area contributed by atoms with Crippen molar-refractivity contribution < 1.29 is 9.52 Å². The highest BCUT2D eigenvalue weighted by molar-refractivity contribution is 5.57. The quantitative estimate of drug-likeness (QED) is 0.667. The van der Waals surface area contributed by atoms with Crippen LogP contribution < -0.4 is 0 Å². The molecule has 0 radical (unpaired) electrons. The van der Waals surface area contributed by atoms with Crippen molar-refractivity contribution in [3.8, 4) is 17.5 Å². The second-order valence-electron chi connectivity index (χ2n) is 6.79. The number of rotatable bonds is 5. The largest absolute Gasteiger partial charge is 0.420 e. The van der Waals surface area contributed by atoms with Gasteiger partial charge in [-0.15, -0.1) is 10.2 Å². The van der Waals surface area contributed by atoms with Crippen LogP contribution in [0.2, 0.25) is 0 Å². The molecule has 0 aliphatic heterocycles. The first-order chi connectivity index (χ1) is 13.4. The van der Waals surface area contributed by atoms with Gasteiger partial charge in [-0.1, -0.05) is 17.7 Å². The number of nitriles is 1. The van der Waals surface area contributed by atoms with E-state index < -0.39 is 6.10 Å². The van der Waals surface area contributed by atoms with Crippen LogP contribution in [0, 0.1) is 31.8 Å². The molecule has 1 heterocycles. The lowest BCUT2D eigenvalue weighted by Gasteiger charge is -2.18. The average molecular weight is 372 g/mol. The number of hydrogen-bond acceptors (Lipinski definition) is 5. The summed E-state index contributed by atoms with van der Waals surface area (Å²) in [6, 6.07) is 12.7. The molecule has 0 saturated heterocycles. The van der Waals surface area contributed by atoms with Gasteiger partial charge >= 0.3 is 0 Å². The van der Waals surface area contributed by atoms with Gasteiger partial charge in [0.25, 0.3) is 0 Å². The molecule has 6 heteroatoms. The Bertz CT molecular complexity index is 1070. The van der Waals surface area contributed by atoms with E-state index in [0.29, 0.717) is 29.5 Å². The highest BCUT2D eigenvalue weighted by Crippen LogP contribution is 2.31. The molecule has 140 valence electrons. The van der Waals surface area contributed by atoms with Gasteiger partial charge in [0.1, 0.15) is 0 Å². The van der Waals surface area contributed by atoms with E-state index in [1.165, 1.54) is 0 Å². The minimum absolute atomic E-state index is 0.349. The van der Waals surface area contributed by atoms with Crippen LogP contribution in [-0.2, 0) is 6.42 Å². The maximum Gasteiger partial charge on any atom is 0.247 e. The van der Waals surface area contributed by atoms with Gasteiger partial charge in [0.15, 0.2) is 5.69 Å². The molecule has 2 aromatic carbocycles. The molecule has 0 aliphatic carbocycles. The molecular formula is C22H20N4O2. The van der Waals surface area contributed by atoms with Gasteiger partial charge in [-0.2, -0.15) is 5.26 Å². The Morgan fingerprint density at radius 3 is 2.46 bits per heavy atom. The third-order valence-electron chi connectivity index (χ3n) is 5.03. The van der Waals surface area contributed by atoms with E-state index in [4.69, 9.17) is 16.3 Å². The molecule has 2 atom stereocenters. The molecule has 3 rings (SSSR count). The first kappa shape index (κ1) is 19.3. The normalized spacial score (nSPS) is 12.8. The molecule has 0 aliphatic rings. The number of aliphatic hydroxyl groups excluding tert-OH is 1. The van der Waals surface area contributed by atoms with Crippen LogP contribution in [0.1, 0.15) is 41.0 Å². The number of hydrogen-bond donors (Lipinski definition) is 1. The van der Waals surface area contributed by atoms with Gasteiger partial charge in [0, 0.05) is 5.56 Å². The van der Waals surface area contributed by atoms with Crippen LogP contribution >= 0.6 is 0 Å². The predicted octanol–water partition coefficient (Wildman–Crippen LogP) is 4.48. The van der Waals surface area contributed by atoms with E-state index in [-0.39, 0.29) is 5.92 Å². The van der Waals surface area contributed by atoms with Crippen LogP contribution in [0.3, 0.4) is 0 Å². The van der Waals surface area contributed by atoms with Gasteiger partial charge in [-0.3, -0.25) is 0 Å². The van der Waals surface area contributed by atoms with Crippen molar-refractivity contribution in [2.45, 2.75) is 39.2 Å². The van der Waals surface area contributed by atoms with E-state index in [1.54, 1.807) is 37.3 Å². The summed E-state index contributed by atoms with van der Waals surface area (Å²) in [6.07, 6.45) is -0.160. The molecule has 6 nitrogen and oxygen atoms in total. The fourth-order valence-corrected chi connectivity index (χ4v) is 3.09. The average Bonchev–Trinajstić information content (AvgIpc) is 3.18.